The van der Waals surface area contributed by atoms with E-state index in [4.69, 9.17) is 0 Å². The Morgan fingerprint density at radius 3 is 1.25 bits per heavy atom. The minimum absolute atomic E-state index is 0.172. The van der Waals surface area contributed by atoms with E-state index in [0.29, 0.717) is 17.6 Å². The zero-order valence-electron chi connectivity index (χ0n) is 12.5. The van der Waals surface area contributed by atoms with Crippen molar-refractivity contribution in [2.24, 2.45) is 22.7 Å². The van der Waals surface area contributed by atoms with E-state index in [9.17, 15) is 4.79 Å². The van der Waals surface area contributed by atoms with Gasteiger partial charge in [0.05, 0.1) is 0 Å². The Bertz CT molecular complexity index is 218. The van der Waals surface area contributed by atoms with Gasteiger partial charge in [0.1, 0.15) is 5.78 Å². The minimum atomic E-state index is -0.172. The molecule has 0 radical (unpaired) electrons. The molecule has 2 atom stereocenters. The molecule has 16 heavy (non-hydrogen) atoms. The summed E-state index contributed by atoms with van der Waals surface area (Å²) in [5.74, 6) is 1.28. The molecular weight excluding hydrogens is 196 g/mol. The van der Waals surface area contributed by atoms with Crippen molar-refractivity contribution >= 4 is 5.78 Å². The van der Waals surface area contributed by atoms with E-state index in [1.807, 2.05) is 0 Å². The van der Waals surface area contributed by atoms with Crippen molar-refractivity contribution in [2.45, 2.75) is 68.2 Å². The highest BCUT2D eigenvalue weighted by molar-refractivity contribution is 5.90. The molecule has 0 aliphatic rings. The third-order valence-electron chi connectivity index (χ3n) is 5.05. The summed E-state index contributed by atoms with van der Waals surface area (Å²) in [6.07, 6.45) is 1.87. The van der Waals surface area contributed by atoms with Crippen LogP contribution in [0.2, 0.25) is 0 Å². The number of hydrogen-bond donors (Lipinski definition) is 0. The van der Waals surface area contributed by atoms with Crippen LogP contribution >= 0.6 is 0 Å². The molecule has 0 heterocycles. The Kier molecular flexibility index (Phi) is 5.22. The van der Waals surface area contributed by atoms with Gasteiger partial charge in [-0.15, -0.1) is 0 Å². The van der Waals surface area contributed by atoms with Crippen LogP contribution in [0, 0.1) is 22.7 Å². The first kappa shape index (κ1) is 15.7. The van der Waals surface area contributed by atoms with Crippen molar-refractivity contribution < 1.29 is 4.79 Å². The zero-order chi connectivity index (χ0) is 13.1. The predicted octanol–water partition coefficient (Wildman–Crippen LogP) is 4.70. The van der Waals surface area contributed by atoms with Crippen LogP contribution in [0.3, 0.4) is 0 Å². The van der Waals surface area contributed by atoms with Crippen LogP contribution in [-0.4, -0.2) is 5.78 Å². The van der Waals surface area contributed by atoms with E-state index in [1.54, 1.807) is 0 Å². The molecule has 0 bridgehead atoms. The Hall–Kier alpha value is -0.330. The summed E-state index contributed by atoms with van der Waals surface area (Å²) in [4.78, 5) is 12.8. The molecule has 0 aliphatic heterocycles. The molecule has 0 amide bonds. The van der Waals surface area contributed by atoms with Gasteiger partial charge in [0.2, 0.25) is 0 Å². The van der Waals surface area contributed by atoms with Crippen LogP contribution in [0.5, 0.6) is 0 Å². The maximum absolute atomic E-state index is 12.8. The molecule has 1 heteroatoms. The maximum Gasteiger partial charge on any atom is 0.145 e. The van der Waals surface area contributed by atoms with Gasteiger partial charge in [-0.3, -0.25) is 4.79 Å². The van der Waals surface area contributed by atoms with Crippen LogP contribution < -0.4 is 0 Å². The fourth-order valence-electron chi connectivity index (χ4n) is 2.31. The van der Waals surface area contributed by atoms with E-state index in [0.717, 1.165) is 12.8 Å². The van der Waals surface area contributed by atoms with Gasteiger partial charge in [0.15, 0.2) is 0 Å². The molecule has 96 valence electrons. The molecule has 0 N–H and O–H groups in total. The van der Waals surface area contributed by atoms with Crippen LogP contribution in [0.15, 0.2) is 0 Å². The van der Waals surface area contributed by atoms with E-state index < -0.39 is 0 Å². The van der Waals surface area contributed by atoms with Gasteiger partial charge in [-0.2, -0.15) is 0 Å². The summed E-state index contributed by atoms with van der Waals surface area (Å²) in [5, 5.41) is 0. The zero-order valence-corrected chi connectivity index (χ0v) is 12.5. The second kappa shape index (κ2) is 5.33. The largest absolute Gasteiger partial charge is 0.298 e. The molecule has 0 saturated heterocycles. The first-order valence-electron chi connectivity index (χ1n) is 6.71. The van der Waals surface area contributed by atoms with Gasteiger partial charge in [-0.1, -0.05) is 55.4 Å². The Morgan fingerprint density at radius 2 is 1.12 bits per heavy atom. The second-order valence-electron chi connectivity index (χ2n) is 6.18. The van der Waals surface area contributed by atoms with Gasteiger partial charge < -0.3 is 0 Å². The minimum Gasteiger partial charge on any atom is -0.298 e. The maximum atomic E-state index is 12.8. The fraction of sp³-hybridized carbons (Fsp3) is 0.933. The van der Waals surface area contributed by atoms with Gasteiger partial charge in [0, 0.05) is 10.8 Å². The summed E-state index contributed by atoms with van der Waals surface area (Å²) >= 11 is 0. The first-order chi connectivity index (χ1) is 7.16. The van der Waals surface area contributed by atoms with Crippen molar-refractivity contribution in [1.29, 1.82) is 0 Å². The normalized spacial score (nSPS) is 19.6. The van der Waals surface area contributed by atoms with E-state index in [2.05, 4.69) is 55.4 Å². The molecule has 0 saturated carbocycles. The molecule has 0 aromatic rings. The summed E-state index contributed by atoms with van der Waals surface area (Å²) < 4.78 is 0. The van der Waals surface area contributed by atoms with Gasteiger partial charge in [-0.25, -0.2) is 0 Å². The van der Waals surface area contributed by atoms with Crippen molar-refractivity contribution in [1.82, 2.24) is 0 Å². The van der Waals surface area contributed by atoms with Crippen LogP contribution in [0.25, 0.3) is 0 Å². The van der Waals surface area contributed by atoms with Crippen molar-refractivity contribution in [3.05, 3.63) is 0 Å². The number of rotatable bonds is 6. The Morgan fingerprint density at radius 1 is 0.875 bits per heavy atom. The Labute approximate surface area is 102 Å². The smallest absolute Gasteiger partial charge is 0.145 e. The van der Waals surface area contributed by atoms with Gasteiger partial charge in [0.25, 0.3) is 0 Å². The number of carbonyl (C=O) groups is 1. The summed E-state index contributed by atoms with van der Waals surface area (Å²) in [6.45, 7) is 17.2. The highest BCUT2D eigenvalue weighted by Gasteiger charge is 2.45. The van der Waals surface area contributed by atoms with Crippen LogP contribution in [0.1, 0.15) is 68.2 Å². The van der Waals surface area contributed by atoms with E-state index in [-0.39, 0.29) is 10.8 Å². The van der Waals surface area contributed by atoms with E-state index >= 15 is 0 Å². The van der Waals surface area contributed by atoms with Crippen molar-refractivity contribution in [3.63, 3.8) is 0 Å². The lowest BCUT2D eigenvalue weighted by Crippen LogP contribution is -2.45. The van der Waals surface area contributed by atoms with E-state index in [1.165, 1.54) is 0 Å². The third kappa shape index (κ3) is 2.49. The topological polar surface area (TPSA) is 17.1 Å². The standard InChI is InChI=1S/C15H30O/c1-9-14(7,11(3)4)13(16)15(8,10-2)12(5)6/h11-12H,9-10H2,1-8H3. The fourth-order valence-corrected chi connectivity index (χ4v) is 2.31. The highest BCUT2D eigenvalue weighted by Crippen LogP contribution is 2.43. The quantitative estimate of drug-likeness (QED) is 0.641. The molecule has 0 aromatic heterocycles. The average molecular weight is 226 g/mol. The summed E-state index contributed by atoms with van der Waals surface area (Å²) in [6, 6.07) is 0. The first-order valence-corrected chi connectivity index (χ1v) is 6.71. The van der Waals surface area contributed by atoms with Crippen molar-refractivity contribution in [3.8, 4) is 0 Å². The summed E-state index contributed by atoms with van der Waals surface area (Å²) in [5.41, 5.74) is -0.343. The monoisotopic (exact) mass is 226 g/mol. The van der Waals surface area contributed by atoms with Gasteiger partial charge >= 0.3 is 0 Å². The lowest BCUT2D eigenvalue weighted by Gasteiger charge is -2.42. The van der Waals surface area contributed by atoms with Crippen LogP contribution in [-0.2, 0) is 4.79 Å². The lowest BCUT2D eigenvalue weighted by molar-refractivity contribution is -0.143. The van der Waals surface area contributed by atoms with Gasteiger partial charge in [-0.05, 0) is 24.7 Å². The summed E-state index contributed by atoms with van der Waals surface area (Å²) in [7, 11) is 0. The number of hydrogen-bond acceptors (Lipinski definition) is 1. The molecule has 0 aliphatic carbocycles. The third-order valence-corrected chi connectivity index (χ3v) is 5.05. The molecule has 1 nitrogen and oxygen atoms in total. The number of Topliss-reactive ketones (excluding diaryl/α,β-unsaturated/α-hetero) is 1. The number of carbonyl (C=O) groups excluding carboxylic acids is 1. The van der Waals surface area contributed by atoms with Crippen LogP contribution in [0.4, 0.5) is 0 Å². The molecular formula is C15H30O. The molecule has 2 unspecified atom stereocenters. The predicted molar refractivity (Wildman–Crippen MR) is 71.5 cm³/mol. The average Bonchev–Trinajstić information content (AvgIpc) is 2.25. The SMILES string of the molecule is CCC(C)(C(=O)C(C)(CC)C(C)C)C(C)C. The molecule has 0 spiro atoms. The molecule has 0 aromatic carbocycles. The van der Waals surface area contributed by atoms with Crippen molar-refractivity contribution in [2.75, 3.05) is 0 Å². The number of ketones is 1. The molecule has 0 fully saturated rings. The Balaban J connectivity index is 5.30. The highest BCUT2D eigenvalue weighted by atomic mass is 16.1. The molecule has 0 rings (SSSR count). The second-order valence-corrected chi connectivity index (χ2v) is 6.18. The lowest BCUT2D eigenvalue weighted by atomic mass is 9.60.